The van der Waals surface area contributed by atoms with Gasteiger partial charge in [0.2, 0.25) is 0 Å². The first kappa shape index (κ1) is 12.5. The molecule has 0 heterocycles. The lowest BCUT2D eigenvalue weighted by molar-refractivity contribution is 0.449. The summed E-state index contributed by atoms with van der Waals surface area (Å²) in [4.78, 5) is 0. The third-order valence-electron chi connectivity index (χ3n) is 2.72. The summed E-state index contributed by atoms with van der Waals surface area (Å²) in [6.07, 6.45) is 1.80. The maximum atomic E-state index is 13.5. The molecule has 2 N–H and O–H groups in total. The molecule has 0 amide bonds. The highest BCUT2D eigenvalue weighted by molar-refractivity contribution is 6.31. The molecule has 0 bridgehead atoms. The van der Waals surface area contributed by atoms with E-state index in [2.05, 4.69) is 13.8 Å². The van der Waals surface area contributed by atoms with Crippen LogP contribution < -0.4 is 5.73 Å². The zero-order valence-electron chi connectivity index (χ0n) is 9.13. The Kier molecular flexibility index (Phi) is 4.55. The lowest BCUT2D eigenvalue weighted by Gasteiger charge is -2.17. The first-order valence-corrected chi connectivity index (χ1v) is 5.63. The van der Waals surface area contributed by atoms with Crippen molar-refractivity contribution in [1.82, 2.24) is 0 Å². The average Bonchev–Trinajstić information content (AvgIpc) is 2.17. The van der Waals surface area contributed by atoms with E-state index in [0.717, 1.165) is 12.8 Å². The van der Waals surface area contributed by atoms with Gasteiger partial charge in [0.05, 0.1) is 0 Å². The van der Waals surface area contributed by atoms with Crippen LogP contribution in [0.5, 0.6) is 0 Å². The van der Waals surface area contributed by atoms with E-state index in [-0.39, 0.29) is 11.9 Å². The molecule has 0 saturated carbocycles. The highest BCUT2D eigenvalue weighted by Crippen LogP contribution is 2.28. The fourth-order valence-corrected chi connectivity index (χ4v) is 1.89. The van der Waals surface area contributed by atoms with Crippen LogP contribution in [0.25, 0.3) is 0 Å². The van der Waals surface area contributed by atoms with E-state index < -0.39 is 0 Å². The average molecular weight is 230 g/mol. The number of hydrogen-bond donors (Lipinski definition) is 1. The number of nitrogens with two attached hydrogens (primary N) is 1. The van der Waals surface area contributed by atoms with Gasteiger partial charge in [-0.25, -0.2) is 4.39 Å². The molecule has 15 heavy (non-hydrogen) atoms. The summed E-state index contributed by atoms with van der Waals surface area (Å²) in [6, 6.07) is 4.36. The minimum atomic E-state index is -0.311. The van der Waals surface area contributed by atoms with Gasteiger partial charge in [-0.2, -0.15) is 0 Å². The van der Waals surface area contributed by atoms with Crippen LogP contribution in [0.1, 0.15) is 38.3 Å². The van der Waals surface area contributed by atoms with Gasteiger partial charge in [0, 0.05) is 16.6 Å². The number of hydrogen-bond acceptors (Lipinski definition) is 1. The normalized spacial score (nSPS) is 15.0. The second-order valence-electron chi connectivity index (χ2n) is 3.99. The van der Waals surface area contributed by atoms with Gasteiger partial charge in [0.15, 0.2) is 0 Å². The van der Waals surface area contributed by atoms with Crippen molar-refractivity contribution in [2.45, 2.75) is 32.7 Å². The molecule has 0 saturated heterocycles. The minimum absolute atomic E-state index is 0.307. The van der Waals surface area contributed by atoms with E-state index in [1.54, 1.807) is 12.1 Å². The lowest BCUT2D eigenvalue weighted by atomic mass is 9.94. The van der Waals surface area contributed by atoms with Crippen LogP contribution in [0.15, 0.2) is 18.2 Å². The van der Waals surface area contributed by atoms with Gasteiger partial charge in [-0.3, -0.25) is 0 Å². The van der Waals surface area contributed by atoms with Crippen molar-refractivity contribution in [3.63, 3.8) is 0 Å². The lowest BCUT2D eigenvalue weighted by Crippen LogP contribution is -2.15. The molecule has 0 aromatic heterocycles. The Labute approximate surface area is 95.4 Å². The predicted octanol–water partition coefficient (Wildman–Crippen LogP) is 3.92. The predicted molar refractivity (Wildman–Crippen MR) is 62.4 cm³/mol. The molecule has 1 aromatic rings. The molecule has 2 unspecified atom stereocenters. The number of benzene rings is 1. The Morgan fingerprint density at radius 1 is 1.47 bits per heavy atom. The second kappa shape index (κ2) is 5.47. The molecule has 0 aliphatic carbocycles. The molecule has 0 spiro atoms. The molecule has 0 fully saturated rings. The van der Waals surface area contributed by atoms with Gasteiger partial charge in [-0.05, 0) is 24.5 Å². The summed E-state index contributed by atoms with van der Waals surface area (Å²) in [6.45, 7) is 4.20. The Morgan fingerprint density at radius 2 is 2.13 bits per heavy atom. The maximum absolute atomic E-state index is 13.5. The fourth-order valence-electron chi connectivity index (χ4n) is 1.58. The Morgan fingerprint density at radius 3 is 2.67 bits per heavy atom. The zero-order valence-corrected chi connectivity index (χ0v) is 9.89. The third-order valence-corrected chi connectivity index (χ3v) is 3.05. The van der Waals surface area contributed by atoms with Crippen LogP contribution in [-0.4, -0.2) is 0 Å². The van der Waals surface area contributed by atoms with E-state index in [0.29, 0.717) is 16.5 Å². The quantitative estimate of drug-likeness (QED) is 0.832. The van der Waals surface area contributed by atoms with Crippen molar-refractivity contribution >= 4 is 11.6 Å². The Hall–Kier alpha value is -0.600. The highest BCUT2D eigenvalue weighted by Gasteiger charge is 2.16. The van der Waals surface area contributed by atoms with E-state index in [1.807, 2.05) is 0 Å². The van der Waals surface area contributed by atoms with Crippen LogP contribution in [0.3, 0.4) is 0 Å². The molecule has 1 aromatic carbocycles. The van der Waals surface area contributed by atoms with Crippen molar-refractivity contribution in [1.29, 1.82) is 0 Å². The van der Waals surface area contributed by atoms with Gasteiger partial charge in [0.1, 0.15) is 5.82 Å². The molecule has 0 aliphatic heterocycles. The molecule has 0 radical (unpaired) electrons. The van der Waals surface area contributed by atoms with Crippen molar-refractivity contribution < 1.29 is 4.39 Å². The topological polar surface area (TPSA) is 26.0 Å². The van der Waals surface area contributed by atoms with Crippen molar-refractivity contribution in [3.05, 3.63) is 34.6 Å². The first-order valence-electron chi connectivity index (χ1n) is 5.25. The van der Waals surface area contributed by atoms with Crippen molar-refractivity contribution in [3.8, 4) is 0 Å². The van der Waals surface area contributed by atoms with Crippen molar-refractivity contribution in [2.24, 2.45) is 11.7 Å². The maximum Gasteiger partial charge on any atom is 0.129 e. The summed E-state index contributed by atoms with van der Waals surface area (Å²) in [5, 5.41) is 0.422. The second-order valence-corrected chi connectivity index (χ2v) is 4.40. The number of rotatable bonds is 4. The molecule has 0 aliphatic rings. The van der Waals surface area contributed by atoms with Gasteiger partial charge in [-0.1, -0.05) is 37.9 Å². The Bertz CT molecular complexity index is 307. The summed E-state index contributed by atoms with van der Waals surface area (Å²) >= 11 is 5.93. The summed E-state index contributed by atoms with van der Waals surface area (Å²) in [5.41, 5.74) is 6.39. The molecule has 1 nitrogen and oxygen atoms in total. The standard InChI is InChI=1S/C12H17ClFN/c1-3-8(2)7-11(15)12-9(13)5-4-6-10(12)14/h4-6,8,11H,3,7,15H2,1-2H3. The molecule has 84 valence electrons. The van der Waals surface area contributed by atoms with Crippen LogP contribution in [0.4, 0.5) is 4.39 Å². The molecular weight excluding hydrogens is 213 g/mol. The van der Waals surface area contributed by atoms with Gasteiger partial charge >= 0.3 is 0 Å². The minimum Gasteiger partial charge on any atom is -0.324 e. The van der Waals surface area contributed by atoms with Gasteiger partial charge in [-0.15, -0.1) is 0 Å². The van der Waals surface area contributed by atoms with Crippen LogP contribution in [0, 0.1) is 11.7 Å². The summed E-state index contributed by atoms with van der Waals surface area (Å²) < 4.78 is 13.5. The third kappa shape index (κ3) is 3.18. The van der Waals surface area contributed by atoms with Crippen molar-refractivity contribution in [2.75, 3.05) is 0 Å². The first-order chi connectivity index (χ1) is 7.06. The summed E-state index contributed by atoms with van der Waals surface area (Å²) in [5.74, 6) is 0.175. The van der Waals surface area contributed by atoms with Gasteiger partial charge in [0.25, 0.3) is 0 Å². The van der Waals surface area contributed by atoms with E-state index in [4.69, 9.17) is 17.3 Å². The largest absolute Gasteiger partial charge is 0.324 e. The molecule has 3 heteroatoms. The molecular formula is C12H17ClFN. The van der Waals surface area contributed by atoms with Crippen LogP contribution >= 0.6 is 11.6 Å². The van der Waals surface area contributed by atoms with E-state index in [9.17, 15) is 4.39 Å². The summed E-state index contributed by atoms with van der Waals surface area (Å²) in [7, 11) is 0. The smallest absolute Gasteiger partial charge is 0.129 e. The Balaban J connectivity index is 2.86. The highest BCUT2D eigenvalue weighted by atomic mass is 35.5. The SMILES string of the molecule is CCC(C)CC(N)c1c(F)cccc1Cl. The fraction of sp³-hybridized carbons (Fsp3) is 0.500. The number of halogens is 2. The molecule has 2 atom stereocenters. The monoisotopic (exact) mass is 229 g/mol. The van der Waals surface area contributed by atoms with Crippen LogP contribution in [0.2, 0.25) is 5.02 Å². The van der Waals surface area contributed by atoms with Gasteiger partial charge < -0.3 is 5.73 Å². The van der Waals surface area contributed by atoms with Crippen LogP contribution in [-0.2, 0) is 0 Å². The zero-order chi connectivity index (χ0) is 11.4. The molecule has 1 rings (SSSR count). The van der Waals surface area contributed by atoms with E-state index >= 15 is 0 Å². The van der Waals surface area contributed by atoms with E-state index in [1.165, 1.54) is 6.07 Å².